The lowest BCUT2D eigenvalue weighted by Gasteiger charge is -2.18. The molecule has 0 aliphatic rings. The molecule has 2 N–H and O–H groups in total. The molecule has 24 heavy (non-hydrogen) atoms. The molecule has 0 fully saturated rings. The molecular weight excluding hydrogens is 324 g/mol. The summed E-state index contributed by atoms with van der Waals surface area (Å²) in [6.07, 6.45) is 0.0196. The summed E-state index contributed by atoms with van der Waals surface area (Å²) in [7, 11) is -0.352. The maximum Gasteiger partial charge on any atom is 0.240 e. The van der Waals surface area contributed by atoms with E-state index in [1.54, 1.807) is 25.3 Å². The molecule has 0 saturated carbocycles. The monoisotopic (exact) mass is 348 g/mol. The predicted octanol–water partition coefficient (Wildman–Crippen LogP) is 3.48. The van der Waals surface area contributed by atoms with Gasteiger partial charge in [0.05, 0.1) is 11.0 Å². The first-order chi connectivity index (χ1) is 11.4. The van der Waals surface area contributed by atoms with Crippen LogP contribution in [0.25, 0.3) is 0 Å². The van der Waals surface area contributed by atoms with E-state index in [9.17, 15) is 8.42 Å². The molecule has 0 aromatic heterocycles. The molecule has 0 bridgehead atoms. The summed E-state index contributed by atoms with van der Waals surface area (Å²) in [6.45, 7) is 3.99. The van der Waals surface area contributed by atoms with Crippen molar-refractivity contribution < 1.29 is 13.2 Å². The van der Waals surface area contributed by atoms with Crippen molar-refractivity contribution >= 4 is 15.7 Å². The van der Waals surface area contributed by atoms with Gasteiger partial charge in [0, 0.05) is 18.8 Å². The molecule has 0 unspecified atom stereocenters. The van der Waals surface area contributed by atoms with Crippen molar-refractivity contribution in [3.05, 3.63) is 59.7 Å². The molecule has 2 rings (SSSR count). The predicted molar refractivity (Wildman–Crippen MR) is 96.6 cm³/mol. The number of nitrogens with one attached hydrogen (secondary N) is 2. The van der Waals surface area contributed by atoms with E-state index in [-0.39, 0.29) is 17.0 Å². The Morgan fingerprint density at radius 3 is 2.33 bits per heavy atom. The van der Waals surface area contributed by atoms with Gasteiger partial charge in [0.25, 0.3) is 0 Å². The van der Waals surface area contributed by atoms with Gasteiger partial charge < -0.3 is 10.1 Å². The molecule has 2 aromatic carbocycles. The topological polar surface area (TPSA) is 67.4 Å². The van der Waals surface area contributed by atoms with Crippen molar-refractivity contribution in [3.63, 3.8) is 0 Å². The molecule has 2 atom stereocenters. The Balaban J connectivity index is 2.21. The zero-order chi connectivity index (χ0) is 17.7. The number of hydrogen-bond donors (Lipinski definition) is 2. The fraction of sp³-hybridized carbons (Fsp3) is 0.333. The van der Waals surface area contributed by atoms with Crippen LogP contribution < -0.4 is 10.0 Å². The van der Waals surface area contributed by atoms with Gasteiger partial charge >= 0.3 is 0 Å². The summed E-state index contributed by atoms with van der Waals surface area (Å²) in [4.78, 5) is 0.262. The number of ether oxygens (including phenoxy) is 1. The Hall–Kier alpha value is -1.89. The Morgan fingerprint density at radius 2 is 1.67 bits per heavy atom. The average Bonchev–Trinajstić information content (AvgIpc) is 2.61. The zero-order valence-corrected chi connectivity index (χ0v) is 15.2. The first-order valence-electron chi connectivity index (χ1n) is 7.80. The second-order valence-corrected chi connectivity index (χ2v) is 7.54. The average molecular weight is 348 g/mol. The molecule has 0 aliphatic carbocycles. The van der Waals surface area contributed by atoms with Gasteiger partial charge in [-0.3, -0.25) is 0 Å². The highest BCUT2D eigenvalue weighted by Gasteiger charge is 2.14. The SMILES string of the molecule is CNS(=O)(=O)c1cccc([C@H](C)Nc2cccc([C@H](C)OC)c2)c1. The minimum Gasteiger partial charge on any atom is -0.379 e. The van der Waals surface area contributed by atoms with Gasteiger partial charge in [0.15, 0.2) is 0 Å². The third-order valence-electron chi connectivity index (χ3n) is 4.03. The van der Waals surface area contributed by atoms with Crippen LogP contribution in [0.4, 0.5) is 5.69 Å². The smallest absolute Gasteiger partial charge is 0.240 e. The standard InChI is InChI=1S/C18H24N2O3S/c1-13(15-7-6-10-18(12-15)24(21,22)19-3)20-17-9-5-8-16(11-17)14(2)23-4/h5-14,19-20H,1-4H3/t13-,14-/m0/s1. The highest BCUT2D eigenvalue weighted by Crippen LogP contribution is 2.24. The van der Waals surface area contributed by atoms with Crippen molar-refractivity contribution in [2.45, 2.75) is 30.9 Å². The number of sulfonamides is 1. The Kier molecular flexibility index (Phi) is 5.99. The highest BCUT2D eigenvalue weighted by atomic mass is 32.2. The molecule has 6 heteroatoms. The lowest BCUT2D eigenvalue weighted by molar-refractivity contribution is 0.119. The van der Waals surface area contributed by atoms with Crippen molar-refractivity contribution in [1.29, 1.82) is 0 Å². The van der Waals surface area contributed by atoms with Crippen LogP contribution in [0, 0.1) is 0 Å². The van der Waals surface area contributed by atoms with Crippen molar-refractivity contribution in [2.75, 3.05) is 19.5 Å². The number of anilines is 1. The van der Waals surface area contributed by atoms with Crippen LogP contribution in [0.2, 0.25) is 0 Å². The first-order valence-corrected chi connectivity index (χ1v) is 9.28. The van der Waals surface area contributed by atoms with Crippen LogP contribution in [-0.2, 0) is 14.8 Å². The first kappa shape index (κ1) is 18.4. The summed E-state index contributed by atoms with van der Waals surface area (Å²) in [5.74, 6) is 0. The maximum atomic E-state index is 11.9. The normalized spacial score (nSPS) is 14.2. The van der Waals surface area contributed by atoms with Gasteiger partial charge in [0.1, 0.15) is 0 Å². The van der Waals surface area contributed by atoms with Gasteiger partial charge in [0.2, 0.25) is 10.0 Å². The van der Waals surface area contributed by atoms with E-state index in [4.69, 9.17) is 4.74 Å². The minimum absolute atomic E-state index is 0.0196. The fourth-order valence-electron chi connectivity index (χ4n) is 2.42. The number of rotatable bonds is 7. The second kappa shape index (κ2) is 7.79. The summed E-state index contributed by atoms with van der Waals surface area (Å²) in [6, 6.07) is 14.9. The molecule has 0 spiro atoms. The Bertz CT molecular complexity index is 790. The van der Waals surface area contributed by atoms with Crippen LogP contribution in [0.15, 0.2) is 53.4 Å². The van der Waals surface area contributed by atoms with E-state index < -0.39 is 10.0 Å². The molecule has 0 amide bonds. The van der Waals surface area contributed by atoms with Gasteiger partial charge in [-0.05, 0) is 56.3 Å². The summed E-state index contributed by atoms with van der Waals surface area (Å²) in [5, 5.41) is 3.40. The van der Waals surface area contributed by atoms with E-state index >= 15 is 0 Å². The molecule has 2 aromatic rings. The van der Waals surface area contributed by atoms with E-state index in [0.717, 1.165) is 16.8 Å². The van der Waals surface area contributed by atoms with E-state index in [1.165, 1.54) is 7.05 Å². The van der Waals surface area contributed by atoms with Gasteiger partial charge in [-0.25, -0.2) is 13.1 Å². The lowest BCUT2D eigenvalue weighted by Crippen LogP contribution is -2.19. The molecular formula is C18H24N2O3S. The molecule has 5 nitrogen and oxygen atoms in total. The zero-order valence-electron chi connectivity index (χ0n) is 14.4. The summed E-state index contributed by atoms with van der Waals surface area (Å²) < 4.78 is 31.6. The fourth-order valence-corrected chi connectivity index (χ4v) is 3.20. The van der Waals surface area contributed by atoms with Crippen LogP contribution >= 0.6 is 0 Å². The molecule has 130 valence electrons. The van der Waals surface area contributed by atoms with Crippen molar-refractivity contribution in [3.8, 4) is 0 Å². The number of hydrogen-bond acceptors (Lipinski definition) is 4. The third kappa shape index (κ3) is 4.35. The van der Waals surface area contributed by atoms with E-state index in [0.29, 0.717) is 0 Å². The highest BCUT2D eigenvalue weighted by molar-refractivity contribution is 7.89. The maximum absolute atomic E-state index is 11.9. The van der Waals surface area contributed by atoms with Crippen molar-refractivity contribution in [2.24, 2.45) is 0 Å². The summed E-state index contributed by atoms with van der Waals surface area (Å²) >= 11 is 0. The quantitative estimate of drug-likeness (QED) is 0.804. The van der Waals surface area contributed by atoms with Gasteiger partial charge in [-0.15, -0.1) is 0 Å². The third-order valence-corrected chi connectivity index (χ3v) is 5.44. The molecule has 0 saturated heterocycles. The van der Waals surface area contributed by atoms with E-state index in [1.807, 2.05) is 44.2 Å². The van der Waals surface area contributed by atoms with Crippen molar-refractivity contribution in [1.82, 2.24) is 4.72 Å². The van der Waals surface area contributed by atoms with Crippen LogP contribution in [-0.4, -0.2) is 22.6 Å². The molecule has 0 heterocycles. The Labute approximate surface area is 144 Å². The van der Waals surface area contributed by atoms with Gasteiger partial charge in [-0.1, -0.05) is 24.3 Å². The number of benzene rings is 2. The van der Waals surface area contributed by atoms with Crippen LogP contribution in [0.5, 0.6) is 0 Å². The largest absolute Gasteiger partial charge is 0.379 e. The minimum atomic E-state index is -3.44. The molecule has 0 aliphatic heterocycles. The van der Waals surface area contributed by atoms with Crippen LogP contribution in [0.3, 0.4) is 0 Å². The summed E-state index contributed by atoms with van der Waals surface area (Å²) in [5.41, 5.74) is 2.95. The van der Waals surface area contributed by atoms with E-state index in [2.05, 4.69) is 10.0 Å². The Morgan fingerprint density at radius 1 is 1.00 bits per heavy atom. The second-order valence-electron chi connectivity index (χ2n) is 5.65. The number of methoxy groups -OCH3 is 1. The van der Waals surface area contributed by atoms with Gasteiger partial charge in [-0.2, -0.15) is 0 Å². The van der Waals surface area contributed by atoms with Crippen LogP contribution in [0.1, 0.15) is 37.1 Å². The lowest BCUT2D eigenvalue weighted by atomic mass is 10.1. The molecule has 0 radical (unpaired) electrons.